The standard InChI is InChI=1S/C16H13F3N2O2/c1-3-23-14-5-4-10(16(17,18)19)7-12(14)11-6-9(2)21-15(22)13(11)8-20/h4-7H,3H2,1-2H3,(H,21,22). The zero-order valence-electron chi connectivity index (χ0n) is 12.4. The van der Waals surface area contributed by atoms with Crippen LogP contribution in [0.15, 0.2) is 29.1 Å². The molecule has 0 bridgehead atoms. The van der Waals surface area contributed by atoms with Gasteiger partial charge in [0.25, 0.3) is 5.56 Å². The second kappa shape index (κ2) is 6.16. The molecular weight excluding hydrogens is 309 g/mol. The lowest BCUT2D eigenvalue weighted by Gasteiger charge is -2.15. The van der Waals surface area contributed by atoms with Crippen LogP contribution in [0.5, 0.6) is 5.75 Å². The number of nitriles is 1. The first-order chi connectivity index (χ1) is 10.8. The lowest BCUT2D eigenvalue weighted by molar-refractivity contribution is -0.137. The van der Waals surface area contributed by atoms with Crippen LogP contribution in [0.2, 0.25) is 0 Å². The number of aromatic amines is 1. The summed E-state index contributed by atoms with van der Waals surface area (Å²) in [6.07, 6.45) is -4.54. The summed E-state index contributed by atoms with van der Waals surface area (Å²) in [5.74, 6) is 0.182. The van der Waals surface area contributed by atoms with Gasteiger partial charge in [0, 0.05) is 16.8 Å². The first-order valence-electron chi connectivity index (χ1n) is 6.76. The lowest BCUT2D eigenvalue weighted by atomic mass is 9.98. The van der Waals surface area contributed by atoms with Crippen LogP contribution in [0.3, 0.4) is 0 Å². The number of hydrogen-bond acceptors (Lipinski definition) is 3. The van der Waals surface area contributed by atoms with Crippen molar-refractivity contribution in [3.63, 3.8) is 0 Å². The topological polar surface area (TPSA) is 65.9 Å². The Labute approximate surface area is 130 Å². The van der Waals surface area contributed by atoms with E-state index in [1.807, 2.05) is 0 Å². The van der Waals surface area contributed by atoms with Gasteiger partial charge in [-0.3, -0.25) is 4.79 Å². The predicted octanol–water partition coefficient (Wildman–Crippen LogP) is 3.64. The number of hydrogen-bond donors (Lipinski definition) is 1. The minimum Gasteiger partial charge on any atom is -0.493 e. The normalized spacial score (nSPS) is 11.1. The maximum atomic E-state index is 13.0. The quantitative estimate of drug-likeness (QED) is 0.938. The molecule has 7 heteroatoms. The molecule has 1 heterocycles. The summed E-state index contributed by atoms with van der Waals surface area (Å²) in [6, 6.07) is 6.18. The maximum absolute atomic E-state index is 13.0. The summed E-state index contributed by atoms with van der Waals surface area (Å²) in [6.45, 7) is 3.51. The molecule has 0 amide bonds. The van der Waals surface area contributed by atoms with Gasteiger partial charge in [0.05, 0.1) is 12.2 Å². The van der Waals surface area contributed by atoms with E-state index in [-0.39, 0.29) is 29.0 Å². The summed E-state index contributed by atoms with van der Waals surface area (Å²) in [4.78, 5) is 14.3. The van der Waals surface area contributed by atoms with Gasteiger partial charge < -0.3 is 9.72 Å². The third kappa shape index (κ3) is 3.37. The van der Waals surface area contributed by atoms with Gasteiger partial charge in [0.2, 0.25) is 0 Å². The molecule has 0 radical (unpaired) electrons. The molecule has 0 spiro atoms. The summed E-state index contributed by atoms with van der Waals surface area (Å²) in [7, 11) is 0. The Morgan fingerprint density at radius 3 is 2.52 bits per heavy atom. The highest BCUT2D eigenvalue weighted by molar-refractivity contribution is 5.76. The second-order valence-corrected chi connectivity index (χ2v) is 4.82. The smallest absolute Gasteiger partial charge is 0.416 e. The molecule has 0 unspecified atom stereocenters. The fourth-order valence-electron chi connectivity index (χ4n) is 2.21. The van der Waals surface area contributed by atoms with Gasteiger partial charge in [-0.1, -0.05) is 0 Å². The molecule has 0 saturated carbocycles. The van der Waals surface area contributed by atoms with E-state index >= 15 is 0 Å². The number of nitrogens with zero attached hydrogens (tertiary/aromatic N) is 1. The van der Waals surface area contributed by atoms with Crippen LogP contribution in [-0.4, -0.2) is 11.6 Å². The highest BCUT2D eigenvalue weighted by Crippen LogP contribution is 2.38. The maximum Gasteiger partial charge on any atom is 0.416 e. The molecule has 4 nitrogen and oxygen atoms in total. The average molecular weight is 322 g/mol. The van der Waals surface area contributed by atoms with E-state index in [2.05, 4.69) is 4.98 Å². The van der Waals surface area contributed by atoms with Gasteiger partial charge in [0.1, 0.15) is 17.4 Å². The molecule has 2 rings (SSSR count). The minimum atomic E-state index is -4.54. The van der Waals surface area contributed by atoms with Crippen LogP contribution >= 0.6 is 0 Å². The summed E-state index contributed by atoms with van der Waals surface area (Å²) >= 11 is 0. The summed E-state index contributed by atoms with van der Waals surface area (Å²) < 4.78 is 44.3. The van der Waals surface area contributed by atoms with Crippen molar-refractivity contribution in [3.8, 4) is 22.9 Å². The van der Waals surface area contributed by atoms with E-state index in [0.717, 1.165) is 12.1 Å². The van der Waals surface area contributed by atoms with E-state index in [1.54, 1.807) is 19.9 Å². The minimum absolute atomic E-state index is 0.0624. The van der Waals surface area contributed by atoms with Crippen molar-refractivity contribution in [1.82, 2.24) is 4.98 Å². The third-order valence-corrected chi connectivity index (χ3v) is 3.18. The highest BCUT2D eigenvalue weighted by Gasteiger charge is 2.31. The highest BCUT2D eigenvalue weighted by atomic mass is 19.4. The Morgan fingerprint density at radius 2 is 1.96 bits per heavy atom. The number of pyridine rings is 1. The number of benzene rings is 1. The predicted molar refractivity (Wildman–Crippen MR) is 78.1 cm³/mol. The van der Waals surface area contributed by atoms with Crippen molar-refractivity contribution < 1.29 is 17.9 Å². The fraction of sp³-hybridized carbons (Fsp3) is 0.250. The number of aryl methyl sites for hydroxylation is 1. The Morgan fingerprint density at radius 1 is 1.26 bits per heavy atom. The number of H-pyrrole nitrogens is 1. The third-order valence-electron chi connectivity index (χ3n) is 3.18. The summed E-state index contributed by atoms with van der Waals surface area (Å²) in [5, 5.41) is 9.17. The van der Waals surface area contributed by atoms with Gasteiger partial charge >= 0.3 is 6.18 Å². The van der Waals surface area contributed by atoms with Crippen molar-refractivity contribution in [2.75, 3.05) is 6.61 Å². The van der Waals surface area contributed by atoms with Gasteiger partial charge in [-0.05, 0) is 38.1 Å². The average Bonchev–Trinajstić information content (AvgIpc) is 2.46. The number of ether oxygens (including phenoxy) is 1. The van der Waals surface area contributed by atoms with Crippen molar-refractivity contribution in [3.05, 3.63) is 51.4 Å². The van der Waals surface area contributed by atoms with Gasteiger partial charge in [-0.15, -0.1) is 0 Å². The SMILES string of the molecule is CCOc1ccc(C(F)(F)F)cc1-c1cc(C)[nH]c(=O)c1C#N. The molecular formula is C16H13F3N2O2. The van der Waals surface area contributed by atoms with Crippen LogP contribution < -0.4 is 10.3 Å². The summed E-state index contributed by atoms with van der Waals surface area (Å²) in [5.41, 5.74) is -1.17. The van der Waals surface area contributed by atoms with Crippen molar-refractivity contribution in [2.24, 2.45) is 0 Å². The first kappa shape index (κ1) is 16.6. The molecule has 1 aromatic carbocycles. The van der Waals surface area contributed by atoms with Crippen LogP contribution in [0.4, 0.5) is 13.2 Å². The molecule has 1 N–H and O–H groups in total. The fourth-order valence-corrected chi connectivity index (χ4v) is 2.21. The number of rotatable bonds is 3. The Hall–Kier alpha value is -2.75. The Balaban J connectivity index is 2.80. The number of halogens is 3. The first-order valence-corrected chi connectivity index (χ1v) is 6.76. The van der Waals surface area contributed by atoms with Crippen molar-refractivity contribution in [1.29, 1.82) is 5.26 Å². The molecule has 120 valence electrons. The molecule has 0 fully saturated rings. The monoisotopic (exact) mass is 322 g/mol. The van der Waals surface area contributed by atoms with Gasteiger partial charge in [-0.25, -0.2) is 0 Å². The molecule has 2 aromatic rings. The molecule has 0 saturated heterocycles. The largest absolute Gasteiger partial charge is 0.493 e. The van der Waals surface area contributed by atoms with E-state index in [9.17, 15) is 18.0 Å². The molecule has 23 heavy (non-hydrogen) atoms. The number of nitrogens with one attached hydrogen (secondary N) is 1. The van der Waals surface area contributed by atoms with Crippen LogP contribution in [0, 0.1) is 18.3 Å². The van der Waals surface area contributed by atoms with Gasteiger partial charge in [0.15, 0.2) is 0 Å². The molecule has 0 atom stereocenters. The molecule has 0 aliphatic heterocycles. The Kier molecular flexibility index (Phi) is 4.45. The van der Waals surface area contributed by atoms with E-state index in [4.69, 9.17) is 10.00 Å². The van der Waals surface area contributed by atoms with Gasteiger partial charge in [-0.2, -0.15) is 18.4 Å². The van der Waals surface area contributed by atoms with E-state index in [0.29, 0.717) is 5.69 Å². The van der Waals surface area contributed by atoms with Crippen molar-refractivity contribution >= 4 is 0 Å². The van der Waals surface area contributed by atoms with E-state index in [1.165, 1.54) is 12.1 Å². The second-order valence-electron chi connectivity index (χ2n) is 4.82. The molecule has 0 aliphatic carbocycles. The van der Waals surface area contributed by atoms with E-state index < -0.39 is 17.3 Å². The van der Waals surface area contributed by atoms with Crippen LogP contribution in [-0.2, 0) is 6.18 Å². The number of alkyl halides is 3. The Bertz CT molecular complexity index is 833. The van der Waals surface area contributed by atoms with Crippen molar-refractivity contribution in [2.45, 2.75) is 20.0 Å². The molecule has 0 aliphatic rings. The van der Waals surface area contributed by atoms with Crippen LogP contribution in [0.25, 0.3) is 11.1 Å². The number of aromatic nitrogens is 1. The lowest BCUT2D eigenvalue weighted by Crippen LogP contribution is -2.13. The van der Waals surface area contributed by atoms with Crippen LogP contribution in [0.1, 0.15) is 23.7 Å². The zero-order chi connectivity index (χ0) is 17.2. The zero-order valence-corrected chi connectivity index (χ0v) is 12.4. The molecule has 1 aromatic heterocycles.